The van der Waals surface area contributed by atoms with Gasteiger partial charge in [0, 0.05) is 0 Å². The predicted octanol–water partition coefficient (Wildman–Crippen LogP) is 4.16. The highest BCUT2D eigenvalue weighted by Gasteiger charge is 2.35. The quantitative estimate of drug-likeness (QED) is 0.784. The van der Waals surface area contributed by atoms with Crippen molar-refractivity contribution in [1.29, 1.82) is 0 Å². The molecule has 3 nitrogen and oxygen atoms in total. The Balaban J connectivity index is 2.19. The second-order valence-electron chi connectivity index (χ2n) is 6.73. The molecular weight excluding hydrogens is 284 g/mol. The van der Waals surface area contributed by atoms with Crippen LogP contribution in [0, 0.1) is 24.7 Å². The Labute approximate surface area is 128 Å². The molecule has 1 aromatic carbocycles. The van der Waals surface area contributed by atoms with Crippen LogP contribution in [0.25, 0.3) is 0 Å². The molecule has 0 aliphatic heterocycles. The number of hydrogen-bond donors (Lipinski definition) is 0. The van der Waals surface area contributed by atoms with Gasteiger partial charge in [-0.2, -0.15) is 8.42 Å². The third-order valence-corrected chi connectivity index (χ3v) is 5.87. The summed E-state index contributed by atoms with van der Waals surface area (Å²) < 4.78 is 30.5. The Hall–Kier alpha value is -0.870. The molecule has 2 unspecified atom stereocenters. The Morgan fingerprint density at radius 2 is 1.76 bits per heavy atom. The first-order chi connectivity index (χ1) is 9.79. The standard InChI is InChI=1S/C17H26O3S/c1-12(2)16-10-7-14(4)11-17(16)20-21(18,19)15-8-5-13(3)6-9-15/h5-6,8-9,12,14,16-17H,7,10-11H2,1-4H3/t14-,16?,17?/m1/s1. The van der Waals surface area contributed by atoms with Crippen LogP contribution in [0.3, 0.4) is 0 Å². The Morgan fingerprint density at radius 1 is 1.14 bits per heavy atom. The minimum atomic E-state index is -3.67. The monoisotopic (exact) mass is 310 g/mol. The fourth-order valence-corrected chi connectivity index (χ4v) is 4.28. The van der Waals surface area contributed by atoms with E-state index in [2.05, 4.69) is 20.8 Å². The van der Waals surface area contributed by atoms with Crippen molar-refractivity contribution in [3.63, 3.8) is 0 Å². The fraction of sp³-hybridized carbons (Fsp3) is 0.647. The summed E-state index contributed by atoms with van der Waals surface area (Å²) in [4.78, 5) is 0.258. The fourth-order valence-electron chi connectivity index (χ4n) is 3.15. The lowest BCUT2D eigenvalue weighted by molar-refractivity contribution is 0.0511. The average molecular weight is 310 g/mol. The SMILES string of the molecule is Cc1ccc(S(=O)(=O)OC2C[C@H](C)CCC2C(C)C)cc1. The third-order valence-electron chi connectivity index (χ3n) is 4.52. The zero-order valence-electron chi connectivity index (χ0n) is 13.4. The highest BCUT2D eigenvalue weighted by molar-refractivity contribution is 7.86. The van der Waals surface area contributed by atoms with Crippen LogP contribution in [0.1, 0.15) is 45.6 Å². The molecule has 1 aliphatic rings. The van der Waals surface area contributed by atoms with Crippen LogP contribution < -0.4 is 0 Å². The van der Waals surface area contributed by atoms with Gasteiger partial charge < -0.3 is 0 Å². The molecule has 0 aromatic heterocycles. The van der Waals surface area contributed by atoms with Crippen molar-refractivity contribution in [2.24, 2.45) is 17.8 Å². The lowest BCUT2D eigenvalue weighted by atomic mass is 9.75. The highest BCUT2D eigenvalue weighted by Crippen LogP contribution is 2.36. The molecule has 0 heterocycles. The molecule has 1 aliphatic carbocycles. The van der Waals surface area contributed by atoms with Gasteiger partial charge in [-0.15, -0.1) is 0 Å². The smallest absolute Gasteiger partial charge is 0.263 e. The summed E-state index contributed by atoms with van der Waals surface area (Å²) in [6, 6.07) is 6.86. The van der Waals surface area contributed by atoms with Crippen LogP contribution in [0.5, 0.6) is 0 Å². The maximum absolute atomic E-state index is 12.5. The first-order valence-corrected chi connectivity index (χ1v) is 9.20. The van der Waals surface area contributed by atoms with E-state index in [1.165, 1.54) is 0 Å². The molecule has 118 valence electrons. The minimum absolute atomic E-state index is 0.194. The van der Waals surface area contributed by atoms with E-state index >= 15 is 0 Å². The molecule has 0 amide bonds. The van der Waals surface area contributed by atoms with Crippen LogP contribution in [0.4, 0.5) is 0 Å². The minimum Gasteiger partial charge on any atom is -0.263 e. The van der Waals surface area contributed by atoms with Crippen molar-refractivity contribution in [2.45, 2.75) is 58.0 Å². The van der Waals surface area contributed by atoms with Gasteiger partial charge in [0.15, 0.2) is 0 Å². The Kier molecular flexibility index (Phi) is 5.10. The molecule has 0 N–H and O–H groups in total. The van der Waals surface area contributed by atoms with Crippen LogP contribution in [0.2, 0.25) is 0 Å². The Morgan fingerprint density at radius 3 is 2.33 bits per heavy atom. The second kappa shape index (κ2) is 6.49. The maximum Gasteiger partial charge on any atom is 0.297 e. The summed E-state index contributed by atoms with van der Waals surface area (Å²) in [7, 11) is -3.67. The predicted molar refractivity (Wildman–Crippen MR) is 84.6 cm³/mol. The van der Waals surface area contributed by atoms with Crippen LogP contribution in [-0.2, 0) is 14.3 Å². The molecule has 0 spiro atoms. The van der Waals surface area contributed by atoms with Crippen molar-refractivity contribution in [3.05, 3.63) is 29.8 Å². The normalized spacial score (nSPS) is 27.0. The summed E-state index contributed by atoms with van der Waals surface area (Å²) in [5.41, 5.74) is 1.04. The second-order valence-corrected chi connectivity index (χ2v) is 8.30. The zero-order valence-corrected chi connectivity index (χ0v) is 14.2. The lowest BCUT2D eigenvalue weighted by Crippen LogP contribution is -2.35. The lowest BCUT2D eigenvalue weighted by Gasteiger charge is -2.36. The number of hydrogen-bond acceptors (Lipinski definition) is 3. The van der Waals surface area contributed by atoms with Gasteiger partial charge >= 0.3 is 0 Å². The molecule has 3 atom stereocenters. The van der Waals surface area contributed by atoms with Crippen molar-refractivity contribution < 1.29 is 12.6 Å². The largest absolute Gasteiger partial charge is 0.297 e. The van der Waals surface area contributed by atoms with E-state index in [-0.39, 0.29) is 11.0 Å². The summed E-state index contributed by atoms with van der Waals surface area (Å²) in [5, 5.41) is 0. The van der Waals surface area contributed by atoms with E-state index in [1.54, 1.807) is 24.3 Å². The molecule has 0 radical (unpaired) electrons. The third kappa shape index (κ3) is 4.07. The number of benzene rings is 1. The van der Waals surface area contributed by atoms with E-state index in [0.29, 0.717) is 17.8 Å². The van der Waals surface area contributed by atoms with Gasteiger partial charge in [0.1, 0.15) is 0 Å². The summed E-state index contributed by atoms with van der Waals surface area (Å²) in [5.74, 6) is 1.29. The van der Waals surface area contributed by atoms with E-state index in [0.717, 1.165) is 24.8 Å². The average Bonchev–Trinajstić information content (AvgIpc) is 2.38. The molecule has 4 heteroatoms. The van der Waals surface area contributed by atoms with Gasteiger partial charge in [-0.3, -0.25) is 4.18 Å². The van der Waals surface area contributed by atoms with Gasteiger partial charge in [-0.05, 0) is 49.7 Å². The molecule has 2 rings (SSSR count). The van der Waals surface area contributed by atoms with Gasteiger partial charge in [-0.1, -0.05) is 44.9 Å². The van der Waals surface area contributed by atoms with Crippen LogP contribution in [-0.4, -0.2) is 14.5 Å². The summed E-state index contributed by atoms with van der Waals surface area (Å²) >= 11 is 0. The molecule has 1 aromatic rings. The first-order valence-electron chi connectivity index (χ1n) is 7.79. The molecule has 21 heavy (non-hydrogen) atoms. The van der Waals surface area contributed by atoms with Crippen LogP contribution in [0.15, 0.2) is 29.2 Å². The van der Waals surface area contributed by atoms with Crippen LogP contribution >= 0.6 is 0 Å². The van der Waals surface area contributed by atoms with E-state index < -0.39 is 10.1 Å². The van der Waals surface area contributed by atoms with E-state index in [1.807, 2.05) is 6.92 Å². The van der Waals surface area contributed by atoms with Gasteiger partial charge in [-0.25, -0.2) is 0 Å². The number of rotatable bonds is 4. The molecule has 1 fully saturated rings. The topological polar surface area (TPSA) is 43.4 Å². The Bertz CT molecular complexity index is 560. The zero-order chi connectivity index (χ0) is 15.6. The molecule has 1 saturated carbocycles. The van der Waals surface area contributed by atoms with Crippen molar-refractivity contribution in [3.8, 4) is 0 Å². The van der Waals surface area contributed by atoms with Gasteiger partial charge in [0.05, 0.1) is 11.0 Å². The van der Waals surface area contributed by atoms with Crippen molar-refractivity contribution in [2.75, 3.05) is 0 Å². The van der Waals surface area contributed by atoms with E-state index in [4.69, 9.17) is 4.18 Å². The van der Waals surface area contributed by atoms with E-state index in [9.17, 15) is 8.42 Å². The van der Waals surface area contributed by atoms with Crippen molar-refractivity contribution >= 4 is 10.1 Å². The molecular formula is C17H26O3S. The first kappa shape index (κ1) is 16.5. The van der Waals surface area contributed by atoms with Gasteiger partial charge in [0.25, 0.3) is 10.1 Å². The number of aryl methyl sites for hydroxylation is 1. The van der Waals surface area contributed by atoms with Crippen molar-refractivity contribution in [1.82, 2.24) is 0 Å². The molecule has 0 bridgehead atoms. The molecule has 0 saturated heterocycles. The highest BCUT2D eigenvalue weighted by atomic mass is 32.2. The maximum atomic E-state index is 12.5. The van der Waals surface area contributed by atoms with Gasteiger partial charge in [0.2, 0.25) is 0 Å². The summed E-state index contributed by atoms with van der Waals surface area (Å²) in [6.07, 6.45) is 2.84. The summed E-state index contributed by atoms with van der Waals surface area (Å²) in [6.45, 7) is 8.41.